The van der Waals surface area contributed by atoms with Crippen molar-refractivity contribution in [3.63, 3.8) is 0 Å². The molecule has 0 amide bonds. The first kappa shape index (κ1) is 9.80. The van der Waals surface area contributed by atoms with Gasteiger partial charge in [-0.1, -0.05) is 24.4 Å². The Balaban J connectivity index is 0.000000127. The molecule has 1 aliphatic rings. The number of rotatable bonds is 1. The molecular formula is C8H11NOS2. The summed E-state index contributed by atoms with van der Waals surface area (Å²) in [7, 11) is 0. The van der Waals surface area contributed by atoms with Crippen LogP contribution in [0, 0.1) is 0 Å². The Kier molecular flexibility index (Phi) is 5.10. The second-order valence-corrected chi connectivity index (χ2v) is 3.26. The second kappa shape index (κ2) is 6.25. The van der Waals surface area contributed by atoms with E-state index in [-0.39, 0.29) is 6.23 Å². The molecule has 2 heterocycles. The van der Waals surface area contributed by atoms with Gasteiger partial charge in [0.1, 0.15) is 6.23 Å². The van der Waals surface area contributed by atoms with Crippen molar-refractivity contribution in [3.8, 4) is 0 Å². The molecule has 0 aromatic carbocycles. The average molecular weight is 201 g/mol. The summed E-state index contributed by atoms with van der Waals surface area (Å²) in [6, 6.07) is 4.04. The lowest BCUT2D eigenvalue weighted by Crippen LogP contribution is -2.22. The van der Waals surface area contributed by atoms with Crippen LogP contribution < -0.4 is 5.32 Å². The van der Waals surface area contributed by atoms with Crippen LogP contribution in [0.2, 0.25) is 0 Å². The van der Waals surface area contributed by atoms with Crippen molar-refractivity contribution in [1.82, 2.24) is 5.32 Å². The molecule has 12 heavy (non-hydrogen) atoms. The minimum atomic E-state index is 0.0370. The molecule has 4 heteroatoms. The van der Waals surface area contributed by atoms with E-state index >= 15 is 0 Å². The number of thiocarbonyl (C=S) groups is 1. The molecule has 1 unspecified atom stereocenters. The van der Waals surface area contributed by atoms with Crippen molar-refractivity contribution in [3.05, 3.63) is 22.9 Å². The largest absolute Gasteiger partial charge is 0.358 e. The molecule has 1 atom stereocenters. The number of thiophene rings is 1. The van der Waals surface area contributed by atoms with Crippen molar-refractivity contribution in [2.75, 3.05) is 13.2 Å². The summed E-state index contributed by atoms with van der Waals surface area (Å²) in [6.07, 6.45) is 0.0370. The highest BCUT2D eigenvalue weighted by molar-refractivity contribution is 7.79. The SMILES string of the molecule is S=CC1NCCO1.c1ccsc1. The molecule has 2 rings (SSSR count). The molecular weight excluding hydrogens is 190 g/mol. The number of hydrogen-bond donors (Lipinski definition) is 1. The number of ether oxygens (including phenoxy) is 1. The van der Waals surface area contributed by atoms with Crippen molar-refractivity contribution < 1.29 is 4.74 Å². The van der Waals surface area contributed by atoms with Crippen LogP contribution in [-0.4, -0.2) is 24.7 Å². The third-order valence-electron chi connectivity index (χ3n) is 1.29. The van der Waals surface area contributed by atoms with Crippen LogP contribution in [0.3, 0.4) is 0 Å². The van der Waals surface area contributed by atoms with Gasteiger partial charge in [0.2, 0.25) is 0 Å². The molecule has 1 aromatic heterocycles. The van der Waals surface area contributed by atoms with Crippen LogP contribution >= 0.6 is 23.6 Å². The zero-order valence-corrected chi connectivity index (χ0v) is 8.24. The number of nitrogens with one attached hydrogen (secondary N) is 1. The Morgan fingerprint density at radius 1 is 1.50 bits per heavy atom. The van der Waals surface area contributed by atoms with Crippen LogP contribution in [0.4, 0.5) is 0 Å². The van der Waals surface area contributed by atoms with E-state index in [4.69, 9.17) is 4.74 Å². The summed E-state index contributed by atoms with van der Waals surface area (Å²) in [6.45, 7) is 1.72. The first-order valence-electron chi connectivity index (χ1n) is 3.71. The Labute approximate surface area is 81.6 Å². The smallest absolute Gasteiger partial charge is 0.137 e. The summed E-state index contributed by atoms with van der Waals surface area (Å²) in [5.74, 6) is 0. The first-order valence-corrected chi connectivity index (χ1v) is 5.12. The molecule has 0 radical (unpaired) electrons. The van der Waals surface area contributed by atoms with Gasteiger partial charge in [-0.15, -0.1) is 0 Å². The molecule has 1 N–H and O–H groups in total. The minimum absolute atomic E-state index is 0.0370. The van der Waals surface area contributed by atoms with Crippen molar-refractivity contribution >= 4 is 28.9 Å². The van der Waals surface area contributed by atoms with E-state index < -0.39 is 0 Å². The molecule has 1 aliphatic heterocycles. The molecule has 1 fully saturated rings. The summed E-state index contributed by atoms with van der Waals surface area (Å²) < 4.78 is 5.03. The fourth-order valence-corrected chi connectivity index (χ4v) is 1.39. The minimum Gasteiger partial charge on any atom is -0.358 e. The maximum atomic E-state index is 5.03. The van der Waals surface area contributed by atoms with E-state index in [2.05, 4.69) is 17.5 Å². The molecule has 0 saturated carbocycles. The van der Waals surface area contributed by atoms with E-state index in [1.165, 1.54) is 0 Å². The lowest BCUT2D eigenvalue weighted by molar-refractivity contribution is 0.157. The van der Waals surface area contributed by atoms with Crippen molar-refractivity contribution in [2.24, 2.45) is 0 Å². The van der Waals surface area contributed by atoms with E-state index in [1.54, 1.807) is 16.7 Å². The van der Waals surface area contributed by atoms with Gasteiger partial charge in [-0.25, -0.2) is 0 Å². The summed E-state index contributed by atoms with van der Waals surface area (Å²) >= 11 is 6.31. The average Bonchev–Trinajstić information content (AvgIpc) is 2.81. The van der Waals surface area contributed by atoms with Gasteiger partial charge >= 0.3 is 0 Å². The lowest BCUT2D eigenvalue weighted by Gasteiger charge is -1.97. The zero-order valence-electron chi connectivity index (χ0n) is 6.60. The van der Waals surface area contributed by atoms with Gasteiger partial charge in [-0.05, 0) is 10.8 Å². The second-order valence-electron chi connectivity index (χ2n) is 2.17. The van der Waals surface area contributed by atoms with Gasteiger partial charge in [0.25, 0.3) is 0 Å². The fraction of sp³-hybridized carbons (Fsp3) is 0.375. The standard InChI is InChI=1S/C4H7NOS.C4H4S/c7-3-4-5-1-2-6-4;1-2-4-5-3-1/h3-5H,1-2H2;1-4H. The molecule has 1 aromatic rings. The van der Waals surface area contributed by atoms with Gasteiger partial charge < -0.3 is 4.74 Å². The van der Waals surface area contributed by atoms with Gasteiger partial charge in [0.05, 0.1) is 6.61 Å². The monoisotopic (exact) mass is 201 g/mol. The Morgan fingerprint density at radius 3 is 2.50 bits per heavy atom. The third-order valence-corrected chi connectivity index (χ3v) is 2.17. The van der Waals surface area contributed by atoms with Crippen LogP contribution in [0.5, 0.6) is 0 Å². The summed E-state index contributed by atoms with van der Waals surface area (Å²) in [5, 5.41) is 8.70. The van der Waals surface area contributed by atoms with Crippen LogP contribution in [-0.2, 0) is 4.74 Å². The Morgan fingerprint density at radius 2 is 2.25 bits per heavy atom. The molecule has 66 valence electrons. The first-order chi connectivity index (χ1) is 5.93. The maximum absolute atomic E-state index is 5.03. The van der Waals surface area contributed by atoms with E-state index in [9.17, 15) is 0 Å². The molecule has 1 saturated heterocycles. The Bertz CT molecular complexity index is 178. The number of hydrogen-bond acceptors (Lipinski definition) is 4. The van der Waals surface area contributed by atoms with E-state index in [0.717, 1.165) is 13.2 Å². The molecule has 0 bridgehead atoms. The maximum Gasteiger partial charge on any atom is 0.137 e. The Hall–Kier alpha value is -0.290. The van der Waals surface area contributed by atoms with Crippen LogP contribution in [0.15, 0.2) is 22.9 Å². The molecule has 2 nitrogen and oxygen atoms in total. The van der Waals surface area contributed by atoms with E-state index in [1.807, 2.05) is 22.9 Å². The van der Waals surface area contributed by atoms with Gasteiger partial charge in [-0.2, -0.15) is 11.3 Å². The molecule has 0 aliphatic carbocycles. The predicted octanol–water partition coefficient (Wildman–Crippen LogP) is 1.68. The predicted molar refractivity (Wildman–Crippen MR) is 55.7 cm³/mol. The van der Waals surface area contributed by atoms with Crippen LogP contribution in [0.1, 0.15) is 0 Å². The summed E-state index contributed by atoms with van der Waals surface area (Å²) in [4.78, 5) is 0. The van der Waals surface area contributed by atoms with Crippen LogP contribution in [0.25, 0.3) is 0 Å². The fourth-order valence-electron chi connectivity index (χ4n) is 0.760. The van der Waals surface area contributed by atoms with E-state index in [0.29, 0.717) is 0 Å². The molecule has 0 spiro atoms. The van der Waals surface area contributed by atoms with Gasteiger partial charge in [0.15, 0.2) is 0 Å². The third kappa shape index (κ3) is 3.92. The quantitative estimate of drug-likeness (QED) is 0.699. The van der Waals surface area contributed by atoms with Gasteiger partial charge in [0, 0.05) is 11.9 Å². The highest BCUT2D eigenvalue weighted by Crippen LogP contribution is 1.91. The highest BCUT2D eigenvalue weighted by Gasteiger charge is 2.08. The highest BCUT2D eigenvalue weighted by atomic mass is 32.1. The normalized spacial score (nSPS) is 21.2. The lowest BCUT2D eigenvalue weighted by atomic mass is 10.7. The van der Waals surface area contributed by atoms with Crippen molar-refractivity contribution in [1.29, 1.82) is 0 Å². The zero-order chi connectivity index (χ0) is 8.65. The summed E-state index contributed by atoms with van der Waals surface area (Å²) in [5.41, 5.74) is 0. The van der Waals surface area contributed by atoms with Gasteiger partial charge in [-0.3, -0.25) is 5.32 Å². The topological polar surface area (TPSA) is 21.3 Å². The van der Waals surface area contributed by atoms with Crippen molar-refractivity contribution in [2.45, 2.75) is 6.23 Å².